The molecule has 1 saturated heterocycles. The molecule has 1 aliphatic heterocycles. The number of sulfonamides is 1. The number of alkyl halides is 3. The maximum Gasteiger partial charge on any atom is 0.419 e. The Bertz CT molecular complexity index is 917. The molecule has 1 aliphatic rings. The van der Waals surface area contributed by atoms with Crippen LogP contribution in [0, 0.1) is 5.82 Å². The van der Waals surface area contributed by atoms with Crippen LogP contribution >= 0.6 is 12.4 Å². The molecule has 0 aliphatic carbocycles. The zero-order valence-electron chi connectivity index (χ0n) is 14.1. The number of benzene rings is 1. The number of rotatable bonds is 3. The lowest BCUT2D eigenvalue weighted by Crippen LogP contribution is -2.49. The number of piperazine rings is 1. The molecular formula is C15H17ClF4N4O2S. The SMILES string of the molecule is Cl.Cn1ccnc1C1CNCCN1S(=O)(=O)c1ccc(C(F)(F)F)c(F)c1. The molecule has 12 heteroatoms. The molecule has 1 unspecified atom stereocenters. The lowest BCUT2D eigenvalue weighted by atomic mass is 10.2. The van der Waals surface area contributed by atoms with E-state index in [0.717, 1.165) is 10.4 Å². The van der Waals surface area contributed by atoms with Crippen molar-refractivity contribution in [2.24, 2.45) is 7.05 Å². The first-order valence-corrected chi connectivity index (χ1v) is 9.13. The highest BCUT2D eigenvalue weighted by Gasteiger charge is 2.38. The molecule has 150 valence electrons. The van der Waals surface area contributed by atoms with Crippen molar-refractivity contribution in [3.8, 4) is 0 Å². The minimum atomic E-state index is -4.89. The average molecular weight is 429 g/mol. The summed E-state index contributed by atoms with van der Waals surface area (Å²) < 4.78 is 80.6. The highest BCUT2D eigenvalue weighted by Crippen LogP contribution is 2.34. The number of nitrogens with zero attached hydrogens (tertiary/aromatic N) is 3. The van der Waals surface area contributed by atoms with Gasteiger partial charge in [0, 0.05) is 39.1 Å². The third kappa shape index (κ3) is 4.10. The van der Waals surface area contributed by atoms with Crippen LogP contribution in [0.1, 0.15) is 17.4 Å². The van der Waals surface area contributed by atoms with Gasteiger partial charge >= 0.3 is 6.18 Å². The Balaban J connectivity index is 0.00000261. The molecule has 1 aromatic carbocycles. The summed E-state index contributed by atoms with van der Waals surface area (Å²) in [5.74, 6) is -1.14. The smallest absolute Gasteiger partial charge is 0.337 e. The van der Waals surface area contributed by atoms with Gasteiger partial charge in [0.1, 0.15) is 11.6 Å². The molecule has 1 N–H and O–H groups in total. The van der Waals surface area contributed by atoms with Gasteiger partial charge in [-0.2, -0.15) is 17.5 Å². The maximum absolute atomic E-state index is 13.8. The molecule has 1 fully saturated rings. The van der Waals surface area contributed by atoms with E-state index in [-0.39, 0.29) is 25.5 Å². The molecule has 2 heterocycles. The second-order valence-corrected chi connectivity index (χ2v) is 7.76. The first-order valence-electron chi connectivity index (χ1n) is 7.69. The fourth-order valence-corrected chi connectivity index (χ4v) is 4.51. The molecule has 1 atom stereocenters. The van der Waals surface area contributed by atoms with Gasteiger partial charge in [0.05, 0.1) is 16.5 Å². The largest absolute Gasteiger partial charge is 0.419 e. The van der Waals surface area contributed by atoms with Crippen LogP contribution in [0.3, 0.4) is 0 Å². The van der Waals surface area contributed by atoms with Crippen molar-refractivity contribution in [1.82, 2.24) is 19.2 Å². The Kier molecular flexibility index (Phi) is 6.19. The van der Waals surface area contributed by atoms with Gasteiger partial charge in [0.25, 0.3) is 0 Å². The number of hydrogen-bond donors (Lipinski definition) is 1. The van der Waals surface area contributed by atoms with Crippen molar-refractivity contribution < 1.29 is 26.0 Å². The first kappa shape index (κ1) is 21.6. The van der Waals surface area contributed by atoms with Gasteiger partial charge in [-0.3, -0.25) is 0 Å². The van der Waals surface area contributed by atoms with E-state index in [4.69, 9.17) is 0 Å². The van der Waals surface area contributed by atoms with Crippen molar-refractivity contribution in [3.63, 3.8) is 0 Å². The van der Waals surface area contributed by atoms with Crippen molar-refractivity contribution in [2.45, 2.75) is 17.1 Å². The number of halogens is 5. The van der Waals surface area contributed by atoms with E-state index in [9.17, 15) is 26.0 Å². The molecule has 1 aromatic heterocycles. The molecule has 6 nitrogen and oxygen atoms in total. The summed E-state index contributed by atoms with van der Waals surface area (Å²) in [6, 6.07) is 0.980. The van der Waals surface area contributed by atoms with E-state index in [1.807, 2.05) is 0 Å². The lowest BCUT2D eigenvalue weighted by Gasteiger charge is -2.34. The quantitative estimate of drug-likeness (QED) is 0.762. The molecule has 3 rings (SSSR count). The standard InChI is InChI=1S/C15H16F4N4O2S.ClH/c1-22-6-5-21-14(22)13-9-20-4-7-23(13)26(24,25)10-2-3-11(12(16)8-10)15(17,18)19;/h2-3,5-6,8,13,20H,4,7,9H2,1H3;1H. The van der Waals surface area contributed by atoms with Gasteiger partial charge < -0.3 is 9.88 Å². The fraction of sp³-hybridized carbons (Fsp3) is 0.400. The van der Waals surface area contributed by atoms with Crippen LogP contribution < -0.4 is 5.32 Å². The summed E-state index contributed by atoms with van der Waals surface area (Å²) in [6.07, 6.45) is -1.71. The van der Waals surface area contributed by atoms with Gasteiger partial charge in [0.2, 0.25) is 10.0 Å². The Morgan fingerprint density at radius 2 is 2.00 bits per heavy atom. The number of nitrogens with one attached hydrogen (secondary N) is 1. The van der Waals surface area contributed by atoms with Crippen LogP contribution in [0.4, 0.5) is 17.6 Å². The Morgan fingerprint density at radius 3 is 2.56 bits per heavy atom. The third-order valence-electron chi connectivity index (χ3n) is 4.20. The summed E-state index contributed by atoms with van der Waals surface area (Å²) in [5, 5.41) is 3.06. The van der Waals surface area contributed by atoms with Crippen LogP contribution in [-0.4, -0.2) is 41.9 Å². The second kappa shape index (κ2) is 7.74. The van der Waals surface area contributed by atoms with E-state index in [0.29, 0.717) is 24.5 Å². The van der Waals surface area contributed by atoms with Gasteiger partial charge in [0.15, 0.2) is 0 Å². The predicted octanol–water partition coefficient (Wildman–Crippen LogP) is 2.33. The fourth-order valence-electron chi connectivity index (χ4n) is 2.91. The number of aryl methyl sites for hydroxylation is 1. The van der Waals surface area contributed by atoms with Crippen molar-refractivity contribution >= 4 is 22.4 Å². The minimum absolute atomic E-state index is 0. The Hall–Kier alpha value is -1.69. The topological polar surface area (TPSA) is 67.2 Å². The van der Waals surface area contributed by atoms with Crippen LogP contribution in [0.5, 0.6) is 0 Å². The summed E-state index contributed by atoms with van der Waals surface area (Å²) in [7, 11) is -2.50. The van der Waals surface area contributed by atoms with Gasteiger partial charge in [-0.05, 0) is 18.2 Å². The van der Waals surface area contributed by atoms with E-state index in [2.05, 4.69) is 10.3 Å². The Morgan fingerprint density at radius 1 is 1.30 bits per heavy atom. The molecule has 27 heavy (non-hydrogen) atoms. The predicted molar refractivity (Wildman–Crippen MR) is 91.4 cm³/mol. The highest BCUT2D eigenvalue weighted by molar-refractivity contribution is 7.89. The van der Waals surface area contributed by atoms with E-state index in [1.54, 1.807) is 17.8 Å². The molecular weight excluding hydrogens is 412 g/mol. The van der Waals surface area contributed by atoms with Gasteiger partial charge in [-0.15, -0.1) is 12.4 Å². The monoisotopic (exact) mass is 428 g/mol. The van der Waals surface area contributed by atoms with E-state index in [1.165, 1.54) is 6.20 Å². The minimum Gasteiger partial charge on any atom is -0.337 e. The first-order chi connectivity index (χ1) is 12.1. The van der Waals surface area contributed by atoms with Crippen molar-refractivity contribution in [1.29, 1.82) is 0 Å². The molecule has 0 radical (unpaired) electrons. The van der Waals surface area contributed by atoms with Crippen LogP contribution in [-0.2, 0) is 23.2 Å². The van der Waals surface area contributed by atoms with E-state index < -0.39 is 38.5 Å². The second-order valence-electron chi connectivity index (χ2n) is 5.87. The lowest BCUT2D eigenvalue weighted by molar-refractivity contribution is -0.140. The molecule has 2 aromatic rings. The Labute approximate surface area is 159 Å². The normalized spacial score (nSPS) is 18.9. The summed E-state index contributed by atoms with van der Waals surface area (Å²) in [6.45, 7) is 0.735. The number of aromatic nitrogens is 2. The third-order valence-corrected chi connectivity index (χ3v) is 6.11. The van der Waals surface area contributed by atoms with Crippen molar-refractivity contribution in [3.05, 3.63) is 47.8 Å². The zero-order valence-corrected chi connectivity index (χ0v) is 15.7. The van der Waals surface area contributed by atoms with Gasteiger partial charge in [-0.25, -0.2) is 17.8 Å². The zero-order chi connectivity index (χ0) is 19.1. The maximum atomic E-state index is 13.8. The molecule has 0 saturated carbocycles. The number of imidazole rings is 1. The molecule has 0 bridgehead atoms. The highest BCUT2D eigenvalue weighted by atomic mass is 35.5. The molecule has 0 spiro atoms. The average Bonchev–Trinajstić information content (AvgIpc) is 2.99. The summed E-state index contributed by atoms with van der Waals surface area (Å²) in [5.41, 5.74) is -1.50. The van der Waals surface area contributed by atoms with Crippen LogP contribution in [0.15, 0.2) is 35.5 Å². The summed E-state index contributed by atoms with van der Waals surface area (Å²) >= 11 is 0. The van der Waals surface area contributed by atoms with Gasteiger partial charge in [-0.1, -0.05) is 0 Å². The molecule has 0 amide bonds. The summed E-state index contributed by atoms with van der Waals surface area (Å²) in [4.78, 5) is 3.63. The number of hydrogen-bond acceptors (Lipinski definition) is 4. The van der Waals surface area contributed by atoms with Crippen LogP contribution in [0.2, 0.25) is 0 Å². The van der Waals surface area contributed by atoms with Crippen molar-refractivity contribution in [2.75, 3.05) is 19.6 Å². The van der Waals surface area contributed by atoms with Crippen LogP contribution in [0.25, 0.3) is 0 Å². The van der Waals surface area contributed by atoms with E-state index >= 15 is 0 Å².